The molecule has 1 aliphatic rings. The van der Waals surface area contributed by atoms with E-state index in [1.54, 1.807) is 31.2 Å². The summed E-state index contributed by atoms with van der Waals surface area (Å²) in [6.07, 6.45) is 0. The molecule has 1 aromatic heterocycles. The minimum Gasteiger partial charge on any atom is -0.478 e. The third-order valence-electron chi connectivity index (χ3n) is 4.43. The molecule has 0 radical (unpaired) electrons. The van der Waals surface area contributed by atoms with Gasteiger partial charge < -0.3 is 10.4 Å². The Morgan fingerprint density at radius 3 is 2.58 bits per heavy atom. The van der Waals surface area contributed by atoms with E-state index in [1.165, 1.54) is 0 Å². The van der Waals surface area contributed by atoms with Gasteiger partial charge in [-0.2, -0.15) is 0 Å². The number of para-hydroxylation sites is 1. The van der Waals surface area contributed by atoms with Crippen molar-refractivity contribution in [2.24, 2.45) is 10.9 Å². The lowest BCUT2D eigenvalue weighted by atomic mass is 9.89. The fourth-order valence-corrected chi connectivity index (χ4v) is 2.92. The number of aromatic nitrogens is 1. The lowest BCUT2D eigenvalue weighted by Gasteiger charge is -2.21. The largest absolute Gasteiger partial charge is 0.478 e. The number of nitrogens with zero attached hydrogens (tertiary/aromatic N) is 2. The molecule has 1 aliphatic heterocycles. The monoisotopic (exact) mass is 345 g/mol. The Bertz CT molecular complexity index is 907. The van der Waals surface area contributed by atoms with Gasteiger partial charge >= 0.3 is 5.97 Å². The predicted octanol–water partition coefficient (Wildman–Crippen LogP) is 2.88. The maximum atomic E-state index is 12.3. The summed E-state index contributed by atoms with van der Waals surface area (Å²) in [5.41, 5.74) is -0.519. The fourth-order valence-electron chi connectivity index (χ4n) is 2.59. The molecule has 124 valence electrons. The van der Waals surface area contributed by atoms with Crippen LogP contribution in [0.25, 0.3) is 10.9 Å². The number of rotatable bonds is 3. The number of carbonyl (C=O) groups is 2. The van der Waals surface area contributed by atoms with Crippen molar-refractivity contribution in [2.75, 3.05) is 0 Å². The van der Waals surface area contributed by atoms with E-state index in [2.05, 4.69) is 15.3 Å². The third kappa shape index (κ3) is 2.34. The maximum absolute atomic E-state index is 12.3. The zero-order chi connectivity index (χ0) is 17.6. The first-order valence-corrected chi connectivity index (χ1v) is 7.86. The number of fused-ring (bicyclic) bond motifs is 1. The van der Waals surface area contributed by atoms with Gasteiger partial charge in [0.15, 0.2) is 5.84 Å². The van der Waals surface area contributed by atoms with Crippen molar-refractivity contribution in [2.45, 2.75) is 26.3 Å². The number of halogens is 1. The van der Waals surface area contributed by atoms with E-state index in [0.29, 0.717) is 10.9 Å². The van der Waals surface area contributed by atoms with E-state index in [4.69, 9.17) is 11.6 Å². The fraction of sp³-hybridized carbons (Fsp3) is 0.294. The second kappa shape index (κ2) is 5.56. The number of aromatic carboxylic acids is 1. The molecule has 0 saturated heterocycles. The molecule has 3 rings (SSSR count). The number of nitrogens with one attached hydrogen (secondary N) is 1. The van der Waals surface area contributed by atoms with Crippen molar-refractivity contribution in [1.29, 1.82) is 0 Å². The lowest BCUT2D eigenvalue weighted by Crippen LogP contribution is -2.41. The predicted molar refractivity (Wildman–Crippen MR) is 91.6 cm³/mol. The van der Waals surface area contributed by atoms with Crippen LogP contribution >= 0.6 is 11.6 Å². The summed E-state index contributed by atoms with van der Waals surface area (Å²) < 4.78 is 0. The quantitative estimate of drug-likeness (QED) is 0.894. The van der Waals surface area contributed by atoms with Crippen LogP contribution in [0.3, 0.4) is 0 Å². The van der Waals surface area contributed by atoms with Crippen LogP contribution in [0.1, 0.15) is 36.8 Å². The molecular formula is C17H16ClN3O3. The SMILES string of the molecule is CC(C)C1(C)N=C(c2nc3ccccc3c(Cl)c2C(=O)O)NC1=O. The number of hydrogen-bond donors (Lipinski definition) is 2. The number of benzene rings is 1. The minimum atomic E-state index is -1.22. The van der Waals surface area contributed by atoms with Crippen LogP contribution in [0.2, 0.25) is 5.02 Å². The van der Waals surface area contributed by atoms with Gasteiger partial charge in [-0.3, -0.25) is 4.79 Å². The number of pyridine rings is 1. The summed E-state index contributed by atoms with van der Waals surface area (Å²) >= 11 is 6.30. The highest BCUT2D eigenvalue weighted by Crippen LogP contribution is 2.32. The molecule has 0 fully saturated rings. The van der Waals surface area contributed by atoms with Gasteiger partial charge in [-0.15, -0.1) is 0 Å². The summed E-state index contributed by atoms with van der Waals surface area (Å²) in [5.74, 6) is -1.42. The van der Waals surface area contributed by atoms with Crippen LogP contribution in [0.15, 0.2) is 29.3 Å². The molecule has 24 heavy (non-hydrogen) atoms. The molecule has 2 N–H and O–H groups in total. The molecular weight excluding hydrogens is 330 g/mol. The number of amides is 1. The van der Waals surface area contributed by atoms with Gasteiger partial charge in [-0.1, -0.05) is 43.6 Å². The minimum absolute atomic E-state index is 0.0563. The molecule has 1 aromatic carbocycles. The van der Waals surface area contributed by atoms with Crippen molar-refractivity contribution in [3.63, 3.8) is 0 Å². The number of aliphatic imine (C=N–C) groups is 1. The van der Waals surface area contributed by atoms with Crippen molar-refractivity contribution >= 4 is 40.2 Å². The highest BCUT2D eigenvalue weighted by Gasteiger charge is 2.43. The number of carbonyl (C=O) groups excluding carboxylic acids is 1. The van der Waals surface area contributed by atoms with Gasteiger partial charge in [0.25, 0.3) is 5.91 Å². The Morgan fingerprint density at radius 2 is 2.00 bits per heavy atom. The standard InChI is InChI=1S/C17H16ClN3O3/c1-8(2)17(3)16(24)20-14(21-17)13-11(15(22)23)12(18)9-6-4-5-7-10(9)19-13/h4-8H,1-3H3,(H,22,23)(H,20,21,24). The Kier molecular flexibility index (Phi) is 3.80. The van der Waals surface area contributed by atoms with E-state index < -0.39 is 11.5 Å². The van der Waals surface area contributed by atoms with Gasteiger partial charge in [0.05, 0.1) is 10.5 Å². The van der Waals surface area contributed by atoms with Crippen LogP contribution in [0.4, 0.5) is 0 Å². The normalized spacial score (nSPS) is 20.4. The van der Waals surface area contributed by atoms with Gasteiger partial charge in [-0.25, -0.2) is 14.8 Å². The smallest absolute Gasteiger partial charge is 0.339 e. The topological polar surface area (TPSA) is 91.7 Å². The molecule has 0 spiro atoms. The summed E-state index contributed by atoms with van der Waals surface area (Å²) in [5, 5.41) is 12.9. The van der Waals surface area contributed by atoms with Crippen LogP contribution in [0, 0.1) is 5.92 Å². The van der Waals surface area contributed by atoms with Crippen LogP contribution in [-0.2, 0) is 4.79 Å². The Labute approximate surface area is 143 Å². The van der Waals surface area contributed by atoms with Crippen molar-refractivity contribution < 1.29 is 14.7 Å². The van der Waals surface area contributed by atoms with Crippen LogP contribution < -0.4 is 5.32 Å². The molecule has 1 unspecified atom stereocenters. The van der Waals surface area contributed by atoms with Crippen molar-refractivity contribution in [3.05, 3.63) is 40.5 Å². The third-order valence-corrected chi connectivity index (χ3v) is 4.82. The zero-order valence-corrected chi connectivity index (χ0v) is 14.2. The lowest BCUT2D eigenvalue weighted by molar-refractivity contribution is -0.124. The second-order valence-electron chi connectivity index (χ2n) is 6.19. The molecule has 1 amide bonds. The van der Waals surface area contributed by atoms with Crippen LogP contribution in [0.5, 0.6) is 0 Å². The number of hydrogen-bond acceptors (Lipinski definition) is 4. The van der Waals surface area contributed by atoms with E-state index in [0.717, 1.165) is 0 Å². The molecule has 7 heteroatoms. The van der Waals surface area contributed by atoms with Crippen LogP contribution in [-0.4, -0.2) is 33.3 Å². The van der Waals surface area contributed by atoms with E-state index in [1.807, 2.05) is 13.8 Å². The summed E-state index contributed by atoms with van der Waals surface area (Å²) in [6.45, 7) is 5.47. The molecule has 0 bridgehead atoms. The van der Waals surface area contributed by atoms with Gasteiger partial charge in [0, 0.05) is 5.39 Å². The van der Waals surface area contributed by atoms with E-state index >= 15 is 0 Å². The Hall–Kier alpha value is -2.47. The average molecular weight is 346 g/mol. The molecule has 2 aromatic rings. The number of amidine groups is 1. The molecule has 2 heterocycles. The first-order chi connectivity index (χ1) is 11.3. The highest BCUT2D eigenvalue weighted by molar-refractivity contribution is 6.39. The Morgan fingerprint density at radius 1 is 1.33 bits per heavy atom. The zero-order valence-electron chi connectivity index (χ0n) is 13.4. The first-order valence-electron chi connectivity index (χ1n) is 7.49. The molecule has 0 saturated carbocycles. The second-order valence-corrected chi connectivity index (χ2v) is 6.57. The summed E-state index contributed by atoms with van der Waals surface area (Å²) in [4.78, 5) is 32.9. The van der Waals surface area contributed by atoms with Crippen molar-refractivity contribution in [1.82, 2.24) is 10.3 Å². The number of carboxylic acid groups (broad SMARTS) is 1. The van der Waals surface area contributed by atoms with Gasteiger partial charge in [0.1, 0.15) is 16.8 Å². The summed E-state index contributed by atoms with van der Waals surface area (Å²) in [7, 11) is 0. The van der Waals surface area contributed by atoms with E-state index in [9.17, 15) is 14.7 Å². The maximum Gasteiger partial charge on any atom is 0.339 e. The molecule has 1 atom stereocenters. The highest BCUT2D eigenvalue weighted by atomic mass is 35.5. The molecule has 6 nitrogen and oxygen atoms in total. The van der Waals surface area contributed by atoms with Gasteiger partial charge in [0.2, 0.25) is 0 Å². The van der Waals surface area contributed by atoms with E-state index in [-0.39, 0.29) is 33.9 Å². The number of carboxylic acids is 1. The van der Waals surface area contributed by atoms with Crippen molar-refractivity contribution in [3.8, 4) is 0 Å². The first kappa shape index (κ1) is 16.4. The molecule has 0 aliphatic carbocycles. The Balaban J connectivity index is 2.29. The average Bonchev–Trinajstić information content (AvgIpc) is 2.83. The summed E-state index contributed by atoms with van der Waals surface area (Å²) in [6, 6.07) is 6.97. The van der Waals surface area contributed by atoms with Gasteiger partial charge in [-0.05, 0) is 18.9 Å².